The maximum atomic E-state index is 12.2. The highest BCUT2D eigenvalue weighted by atomic mass is 16.6. The summed E-state index contributed by atoms with van der Waals surface area (Å²) in [5.74, 6) is -0.360. The maximum absolute atomic E-state index is 12.2. The Hall–Kier alpha value is -1.30. The van der Waals surface area contributed by atoms with Gasteiger partial charge in [-0.2, -0.15) is 0 Å². The van der Waals surface area contributed by atoms with Gasteiger partial charge in [0.05, 0.1) is 38.4 Å². The van der Waals surface area contributed by atoms with Crippen LogP contribution in [0.3, 0.4) is 0 Å². The molecule has 1 heterocycles. The third-order valence-electron chi connectivity index (χ3n) is 6.33. The lowest BCUT2D eigenvalue weighted by Crippen LogP contribution is -2.43. The van der Waals surface area contributed by atoms with E-state index in [0.29, 0.717) is 39.7 Å². The molecule has 0 bridgehead atoms. The summed E-state index contributed by atoms with van der Waals surface area (Å²) in [4.78, 5) is 33.3. The van der Waals surface area contributed by atoms with Crippen LogP contribution in [0.1, 0.15) is 55.4 Å². The summed E-state index contributed by atoms with van der Waals surface area (Å²) < 4.78 is 22.9. The number of esters is 2. The van der Waals surface area contributed by atoms with Crippen LogP contribution in [-0.4, -0.2) is 142 Å². The molecule has 10 heteroatoms. The maximum Gasteiger partial charge on any atom is 0.320 e. The number of rotatable bonds is 12. The fourth-order valence-corrected chi connectivity index (χ4v) is 3.80. The van der Waals surface area contributed by atoms with Crippen LogP contribution in [0.4, 0.5) is 0 Å². The van der Waals surface area contributed by atoms with Crippen molar-refractivity contribution >= 4 is 11.9 Å². The van der Waals surface area contributed by atoms with Gasteiger partial charge in [0, 0.05) is 52.4 Å². The smallest absolute Gasteiger partial charge is 0.320 e. The van der Waals surface area contributed by atoms with Crippen LogP contribution in [0.5, 0.6) is 0 Å². The second-order valence-electron chi connectivity index (χ2n) is 11.9. The van der Waals surface area contributed by atoms with E-state index < -0.39 is 11.0 Å². The minimum atomic E-state index is -0.490. The Morgan fingerprint density at radius 2 is 1.21 bits per heavy atom. The molecule has 0 aromatic carbocycles. The van der Waals surface area contributed by atoms with Gasteiger partial charge in [-0.15, -0.1) is 0 Å². The van der Waals surface area contributed by atoms with Crippen molar-refractivity contribution < 1.29 is 28.5 Å². The van der Waals surface area contributed by atoms with Gasteiger partial charge in [0.15, 0.2) is 0 Å². The zero-order valence-electron chi connectivity index (χ0n) is 25.6. The van der Waals surface area contributed by atoms with E-state index in [9.17, 15) is 9.59 Å². The lowest BCUT2D eigenvalue weighted by atomic mass is 9.98. The van der Waals surface area contributed by atoms with Gasteiger partial charge in [-0.1, -0.05) is 13.8 Å². The van der Waals surface area contributed by atoms with Crippen LogP contribution >= 0.6 is 0 Å². The molecule has 0 amide bonds. The van der Waals surface area contributed by atoms with E-state index in [-0.39, 0.29) is 11.9 Å². The highest BCUT2D eigenvalue weighted by molar-refractivity contribution is 5.75. The Kier molecular flexibility index (Phi) is 16.6. The third kappa shape index (κ3) is 16.6. The number of nitrogens with zero attached hydrogens (tertiary/aromatic N) is 4. The first-order valence-electron chi connectivity index (χ1n) is 14.3. The quantitative estimate of drug-likeness (QED) is 0.269. The summed E-state index contributed by atoms with van der Waals surface area (Å²) in [6.07, 6.45) is 0. The van der Waals surface area contributed by atoms with Crippen molar-refractivity contribution in [1.29, 1.82) is 0 Å². The SMILES string of the molecule is CCN(CCN1CCOCCN(CCN(CC)CC(=O)OC(C)(C)C)CCOCC1)COC(=O)C(C)(C)C. The first-order valence-corrected chi connectivity index (χ1v) is 14.3. The van der Waals surface area contributed by atoms with E-state index in [1.165, 1.54) is 0 Å². The first kappa shape index (κ1) is 34.7. The number of carbonyl (C=O) groups excluding carboxylic acids is 2. The summed E-state index contributed by atoms with van der Waals surface area (Å²) in [5, 5.41) is 0. The average molecular weight is 545 g/mol. The monoisotopic (exact) mass is 544 g/mol. The fraction of sp³-hybridized carbons (Fsp3) is 0.929. The molecule has 0 saturated carbocycles. The molecule has 1 saturated heterocycles. The van der Waals surface area contributed by atoms with Crippen molar-refractivity contribution in [1.82, 2.24) is 19.6 Å². The van der Waals surface area contributed by atoms with Crippen molar-refractivity contribution in [3.05, 3.63) is 0 Å². The van der Waals surface area contributed by atoms with E-state index in [0.717, 1.165) is 65.4 Å². The summed E-state index contributed by atoms with van der Waals surface area (Å²) in [6, 6.07) is 0. The molecular weight excluding hydrogens is 488 g/mol. The van der Waals surface area contributed by atoms with Gasteiger partial charge in [-0.05, 0) is 54.6 Å². The van der Waals surface area contributed by atoms with Gasteiger partial charge < -0.3 is 18.9 Å². The van der Waals surface area contributed by atoms with Gasteiger partial charge in [0.25, 0.3) is 0 Å². The van der Waals surface area contributed by atoms with Gasteiger partial charge in [-0.25, -0.2) is 0 Å². The van der Waals surface area contributed by atoms with Crippen molar-refractivity contribution in [2.24, 2.45) is 5.41 Å². The van der Waals surface area contributed by atoms with Crippen LogP contribution in [0.25, 0.3) is 0 Å². The molecule has 0 radical (unpaired) electrons. The van der Waals surface area contributed by atoms with E-state index in [1.807, 2.05) is 41.5 Å². The van der Waals surface area contributed by atoms with Crippen molar-refractivity contribution in [2.75, 3.05) is 105 Å². The Labute approximate surface area is 231 Å². The van der Waals surface area contributed by atoms with Gasteiger partial charge in [-0.3, -0.25) is 29.2 Å². The largest absolute Gasteiger partial charge is 0.459 e. The number of likely N-dealkylation sites (N-methyl/N-ethyl adjacent to an activating group) is 2. The van der Waals surface area contributed by atoms with Gasteiger partial charge in [0.1, 0.15) is 12.3 Å². The van der Waals surface area contributed by atoms with E-state index in [4.69, 9.17) is 18.9 Å². The van der Waals surface area contributed by atoms with E-state index >= 15 is 0 Å². The molecule has 38 heavy (non-hydrogen) atoms. The molecule has 1 aliphatic rings. The highest BCUT2D eigenvalue weighted by Gasteiger charge is 2.24. The number of hydrogen-bond acceptors (Lipinski definition) is 10. The van der Waals surface area contributed by atoms with Crippen molar-refractivity contribution in [3.8, 4) is 0 Å². The minimum absolute atomic E-state index is 0.177. The molecule has 0 aliphatic carbocycles. The Balaban J connectivity index is 2.42. The highest BCUT2D eigenvalue weighted by Crippen LogP contribution is 2.15. The average Bonchev–Trinajstić information content (AvgIpc) is 2.81. The molecule has 0 unspecified atom stereocenters. The van der Waals surface area contributed by atoms with Crippen LogP contribution in [0, 0.1) is 5.41 Å². The third-order valence-corrected chi connectivity index (χ3v) is 6.33. The molecule has 224 valence electrons. The van der Waals surface area contributed by atoms with Gasteiger partial charge in [0.2, 0.25) is 0 Å². The van der Waals surface area contributed by atoms with Crippen LogP contribution in [0.15, 0.2) is 0 Å². The molecule has 1 aliphatic heterocycles. The summed E-state index contributed by atoms with van der Waals surface area (Å²) in [7, 11) is 0. The molecule has 1 fully saturated rings. The predicted molar refractivity (Wildman–Crippen MR) is 150 cm³/mol. The van der Waals surface area contributed by atoms with Crippen LogP contribution in [0.2, 0.25) is 0 Å². The summed E-state index contributed by atoms with van der Waals surface area (Å²) >= 11 is 0. The molecule has 0 atom stereocenters. The van der Waals surface area contributed by atoms with Crippen molar-refractivity contribution in [2.45, 2.75) is 61.0 Å². The zero-order chi connectivity index (χ0) is 28.6. The first-order chi connectivity index (χ1) is 17.8. The molecule has 0 aromatic rings. The second-order valence-corrected chi connectivity index (χ2v) is 11.9. The lowest BCUT2D eigenvalue weighted by molar-refractivity contribution is -0.158. The molecule has 1 rings (SSSR count). The van der Waals surface area contributed by atoms with Crippen LogP contribution in [-0.2, 0) is 28.5 Å². The summed E-state index contributed by atoms with van der Waals surface area (Å²) in [6.45, 7) is 27.0. The topological polar surface area (TPSA) is 84.0 Å². The van der Waals surface area contributed by atoms with Crippen LogP contribution < -0.4 is 0 Å². The molecule has 0 spiro atoms. The zero-order valence-corrected chi connectivity index (χ0v) is 25.6. The fourth-order valence-electron chi connectivity index (χ4n) is 3.80. The molecule has 10 nitrogen and oxygen atoms in total. The Morgan fingerprint density at radius 3 is 1.61 bits per heavy atom. The molecule has 0 aromatic heterocycles. The lowest BCUT2D eigenvalue weighted by Gasteiger charge is -2.29. The number of ether oxygens (including phenoxy) is 4. The minimum Gasteiger partial charge on any atom is -0.459 e. The standard InChI is InChI=1S/C28H56N4O6/c1-9-29(23-25(33)38-28(6,7)8)11-13-31-15-19-35-21-17-32(18-22-36-20-16-31)14-12-30(10-2)24-37-26(34)27(3,4)5/h9-24H2,1-8H3. The number of hydrogen-bond donors (Lipinski definition) is 0. The predicted octanol–water partition coefficient (Wildman–Crippen LogP) is 2.17. The second kappa shape index (κ2) is 18.1. The number of carbonyl (C=O) groups is 2. The Bertz CT molecular complexity index is 651. The van der Waals surface area contributed by atoms with E-state index in [1.54, 1.807) is 0 Å². The Morgan fingerprint density at radius 1 is 0.763 bits per heavy atom. The van der Waals surface area contributed by atoms with Gasteiger partial charge >= 0.3 is 11.9 Å². The van der Waals surface area contributed by atoms with E-state index in [2.05, 4.69) is 33.4 Å². The summed E-state index contributed by atoms with van der Waals surface area (Å²) in [5.41, 5.74) is -0.954. The molecular formula is C28H56N4O6. The normalized spacial score (nSPS) is 17.7. The van der Waals surface area contributed by atoms with Crippen molar-refractivity contribution in [3.63, 3.8) is 0 Å². The molecule has 0 N–H and O–H groups in total.